The van der Waals surface area contributed by atoms with Crippen molar-refractivity contribution in [1.82, 2.24) is 5.32 Å². The van der Waals surface area contributed by atoms with Crippen LogP contribution in [-0.4, -0.2) is 35.4 Å². The summed E-state index contributed by atoms with van der Waals surface area (Å²) in [5.74, 6) is -0.545. The van der Waals surface area contributed by atoms with Crippen LogP contribution in [0.25, 0.3) is 0 Å². The third-order valence-corrected chi connectivity index (χ3v) is 3.27. The van der Waals surface area contributed by atoms with Gasteiger partial charge in [0.2, 0.25) is 0 Å². The Kier molecular flexibility index (Phi) is 5.49. The Morgan fingerprint density at radius 2 is 2.12 bits per heavy atom. The largest absolute Gasteiger partial charge is 0.478 e. The average molecular weight is 227 g/mol. The highest BCUT2D eigenvalue weighted by molar-refractivity contribution is 5.85. The molecule has 0 radical (unpaired) electrons. The topological polar surface area (TPSA) is 69.6 Å². The molecule has 1 aliphatic rings. The number of carboxylic acids is 1. The second-order valence-corrected chi connectivity index (χ2v) is 4.43. The lowest BCUT2D eigenvalue weighted by atomic mass is 9.85. The minimum atomic E-state index is -0.871. The van der Waals surface area contributed by atoms with Gasteiger partial charge < -0.3 is 15.5 Å². The van der Waals surface area contributed by atoms with Gasteiger partial charge in [-0.05, 0) is 25.7 Å². The minimum Gasteiger partial charge on any atom is -0.478 e. The Labute approximate surface area is 96.4 Å². The molecule has 2 unspecified atom stereocenters. The summed E-state index contributed by atoms with van der Waals surface area (Å²) in [5, 5.41) is 21.2. The Balaban J connectivity index is 2.35. The van der Waals surface area contributed by atoms with Crippen LogP contribution < -0.4 is 5.32 Å². The summed E-state index contributed by atoms with van der Waals surface area (Å²) in [5.41, 5.74) is 0.365. The SMILES string of the molecule is CC(=CCNC1CCCCC1CO)C(=O)O. The normalized spacial score (nSPS) is 26.8. The monoisotopic (exact) mass is 227 g/mol. The van der Waals surface area contributed by atoms with Crippen LogP contribution in [0.5, 0.6) is 0 Å². The molecule has 0 heterocycles. The zero-order valence-corrected chi connectivity index (χ0v) is 9.78. The molecule has 92 valence electrons. The van der Waals surface area contributed by atoms with Crippen LogP contribution in [0.3, 0.4) is 0 Å². The quantitative estimate of drug-likeness (QED) is 0.616. The van der Waals surface area contributed by atoms with Gasteiger partial charge >= 0.3 is 5.97 Å². The Morgan fingerprint density at radius 1 is 1.44 bits per heavy atom. The van der Waals surface area contributed by atoms with Gasteiger partial charge in [0.05, 0.1) is 0 Å². The highest BCUT2D eigenvalue weighted by atomic mass is 16.4. The first-order chi connectivity index (χ1) is 7.65. The first kappa shape index (κ1) is 13.2. The Hall–Kier alpha value is -0.870. The molecule has 0 aromatic carbocycles. The van der Waals surface area contributed by atoms with E-state index < -0.39 is 5.97 Å². The zero-order valence-electron chi connectivity index (χ0n) is 9.78. The first-order valence-electron chi connectivity index (χ1n) is 5.89. The van der Waals surface area contributed by atoms with E-state index in [1.165, 1.54) is 12.8 Å². The van der Waals surface area contributed by atoms with Crippen LogP contribution in [0.4, 0.5) is 0 Å². The predicted octanol–water partition coefficient (Wildman–Crippen LogP) is 1.16. The summed E-state index contributed by atoms with van der Waals surface area (Å²) >= 11 is 0. The minimum absolute atomic E-state index is 0.222. The van der Waals surface area contributed by atoms with E-state index in [1.807, 2.05) is 0 Å². The van der Waals surface area contributed by atoms with Crippen LogP contribution in [0.2, 0.25) is 0 Å². The van der Waals surface area contributed by atoms with Crippen molar-refractivity contribution >= 4 is 5.97 Å². The molecule has 1 aliphatic carbocycles. The number of carboxylic acid groups (broad SMARTS) is 1. The molecule has 3 N–H and O–H groups in total. The summed E-state index contributed by atoms with van der Waals surface area (Å²) in [7, 11) is 0. The van der Waals surface area contributed by atoms with Crippen molar-refractivity contribution < 1.29 is 15.0 Å². The molecule has 4 heteroatoms. The lowest BCUT2D eigenvalue weighted by Crippen LogP contribution is -2.40. The van der Waals surface area contributed by atoms with E-state index in [2.05, 4.69) is 5.32 Å². The molecule has 0 aromatic heterocycles. The number of hydrogen-bond donors (Lipinski definition) is 3. The van der Waals surface area contributed by atoms with Gasteiger partial charge in [-0.3, -0.25) is 0 Å². The van der Waals surface area contributed by atoms with Crippen LogP contribution in [0, 0.1) is 5.92 Å². The molecule has 1 saturated carbocycles. The van der Waals surface area contributed by atoms with Gasteiger partial charge in [0.1, 0.15) is 0 Å². The van der Waals surface area contributed by atoms with Gasteiger partial charge in [-0.15, -0.1) is 0 Å². The summed E-state index contributed by atoms with van der Waals surface area (Å²) in [4.78, 5) is 10.6. The van der Waals surface area contributed by atoms with Gasteiger partial charge in [-0.2, -0.15) is 0 Å². The average Bonchev–Trinajstić information content (AvgIpc) is 2.29. The second kappa shape index (κ2) is 6.66. The van der Waals surface area contributed by atoms with Crippen molar-refractivity contribution in [2.24, 2.45) is 5.92 Å². The first-order valence-corrected chi connectivity index (χ1v) is 5.89. The molecule has 0 spiro atoms. The molecule has 2 atom stereocenters. The van der Waals surface area contributed by atoms with E-state index in [9.17, 15) is 9.90 Å². The molecular formula is C12H21NO3. The van der Waals surface area contributed by atoms with Crippen LogP contribution in [0.15, 0.2) is 11.6 Å². The number of hydrogen-bond acceptors (Lipinski definition) is 3. The maximum Gasteiger partial charge on any atom is 0.330 e. The highest BCUT2D eigenvalue weighted by Crippen LogP contribution is 2.23. The number of aliphatic carboxylic acids is 1. The van der Waals surface area contributed by atoms with Gasteiger partial charge in [-0.25, -0.2) is 4.79 Å². The van der Waals surface area contributed by atoms with E-state index in [0.29, 0.717) is 24.1 Å². The molecule has 0 bridgehead atoms. The third-order valence-electron chi connectivity index (χ3n) is 3.27. The van der Waals surface area contributed by atoms with Gasteiger partial charge in [0.15, 0.2) is 0 Å². The van der Waals surface area contributed by atoms with E-state index in [-0.39, 0.29) is 6.61 Å². The van der Waals surface area contributed by atoms with Crippen molar-refractivity contribution in [2.45, 2.75) is 38.6 Å². The summed E-state index contributed by atoms with van der Waals surface area (Å²) in [6.07, 6.45) is 6.20. The Bertz CT molecular complexity index is 263. The number of aliphatic hydroxyl groups is 1. The van der Waals surface area contributed by atoms with Crippen molar-refractivity contribution in [1.29, 1.82) is 0 Å². The van der Waals surface area contributed by atoms with E-state index in [1.54, 1.807) is 13.0 Å². The molecule has 0 aliphatic heterocycles. The van der Waals surface area contributed by atoms with E-state index in [0.717, 1.165) is 12.8 Å². The molecule has 1 fully saturated rings. The number of aliphatic hydroxyl groups excluding tert-OH is 1. The smallest absolute Gasteiger partial charge is 0.330 e. The van der Waals surface area contributed by atoms with Crippen LogP contribution in [-0.2, 0) is 4.79 Å². The second-order valence-electron chi connectivity index (χ2n) is 4.43. The van der Waals surface area contributed by atoms with Crippen molar-refractivity contribution in [3.63, 3.8) is 0 Å². The summed E-state index contributed by atoms with van der Waals surface area (Å²) in [6, 6.07) is 0.330. The molecule has 16 heavy (non-hydrogen) atoms. The van der Waals surface area contributed by atoms with E-state index >= 15 is 0 Å². The third kappa shape index (κ3) is 3.94. The fourth-order valence-corrected chi connectivity index (χ4v) is 2.15. The molecule has 0 amide bonds. The molecule has 1 rings (SSSR count). The number of carbonyl (C=O) groups is 1. The van der Waals surface area contributed by atoms with Crippen LogP contribution >= 0.6 is 0 Å². The number of rotatable bonds is 5. The highest BCUT2D eigenvalue weighted by Gasteiger charge is 2.23. The van der Waals surface area contributed by atoms with E-state index in [4.69, 9.17) is 5.11 Å². The fourth-order valence-electron chi connectivity index (χ4n) is 2.15. The Morgan fingerprint density at radius 3 is 2.75 bits per heavy atom. The molecule has 0 aromatic rings. The van der Waals surface area contributed by atoms with Crippen molar-refractivity contribution in [3.05, 3.63) is 11.6 Å². The van der Waals surface area contributed by atoms with Crippen molar-refractivity contribution in [3.8, 4) is 0 Å². The lowest BCUT2D eigenvalue weighted by Gasteiger charge is -2.30. The lowest BCUT2D eigenvalue weighted by molar-refractivity contribution is -0.132. The predicted molar refractivity (Wildman–Crippen MR) is 62.2 cm³/mol. The van der Waals surface area contributed by atoms with Gasteiger partial charge in [-0.1, -0.05) is 18.9 Å². The maximum atomic E-state index is 10.6. The molecule has 0 saturated heterocycles. The van der Waals surface area contributed by atoms with Gasteiger partial charge in [0, 0.05) is 24.8 Å². The summed E-state index contributed by atoms with van der Waals surface area (Å²) < 4.78 is 0. The maximum absolute atomic E-state index is 10.6. The summed E-state index contributed by atoms with van der Waals surface area (Å²) in [6.45, 7) is 2.38. The van der Waals surface area contributed by atoms with Gasteiger partial charge in [0.25, 0.3) is 0 Å². The van der Waals surface area contributed by atoms with Crippen molar-refractivity contribution in [2.75, 3.05) is 13.2 Å². The van der Waals surface area contributed by atoms with Crippen LogP contribution in [0.1, 0.15) is 32.6 Å². The zero-order chi connectivity index (χ0) is 12.0. The number of nitrogens with one attached hydrogen (secondary N) is 1. The standard InChI is InChI=1S/C12H21NO3/c1-9(12(15)16)6-7-13-11-5-3-2-4-10(11)8-14/h6,10-11,13-14H,2-5,7-8H2,1H3,(H,15,16). The molecular weight excluding hydrogens is 206 g/mol. The fraction of sp³-hybridized carbons (Fsp3) is 0.750. The molecule has 4 nitrogen and oxygen atoms in total.